The van der Waals surface area contributed by atoms with Gasteiger partial charge in [0.05, 0.1) is 55.9 Å². The van der Waals surface area contributed by atoms with Gasteiger partial charge in [0.1, 0.15) is 0 Å². The molecule has 4 N–H and O–H groups in total. The molecule has 0 radical (unpaired) electrons. The summed E-state index contributed by atoms with van der Waals surface area (Å²) in [6, 6.07) is 8.25. The lowest BCUT2D eigenvalue weighted by Crippen LogP contribution is -2.58. The fraction of sp³-hybridized carbons (Fsp3) is 0.500. The number of benzene rings is 1. The van der Waals surface area contributed by atoms with Gasteiger partial charge in [-0.25, -0.2) is 14.8 Å². The molecule has 1 aliphatic carbocycles. The highest BCUT2D eigenvalue weighted by molar-refractivity contribution is 5.82. The van der Waals surface area contributed by atoms with Gasteiger partial charge in [0.25, 0.3) is 0 Å². The van der Waals surface area contributed by atoms with Crippen LogP contribution >= 0.6 is 0 Å². The van der Waals surface area contributed by atoms with E-state index in [0.717, 1.165) is 36.9 Å². The van der Waals surface area contributed by atoms with Crippen LogP contribution in [-0.4, -0.2) is 72.7 Å². The molecule has 1 aromatic heterocycles. The number of aryl methyl sites for hydroxylation is 1. The van der Waals surface area contributed by atoms with Crippen LogP contribution in [0.25, 0.3) is 11.3 Å². The minimum Gasteiger partial charge on any atom is -0.403 e. The molecule has 1 fully saturated rings. The largest absolute Gasteiger partial charge is 0.403 e. The highest BCUT2D eigenvalue weighted by atomic mass is 16.5. The first kappa shape index (κ1) is 27.5. The summed E-state index contributed by atoms with van der Waals surface area (Å²) in [7, 11) is 1.64. The number of hydrogen-bond acceptors (Lipinski definition) is 8. The van der Waals surface area contributed by atoms with Gasteiger partial charge in [-0.1, -0.05) is 18.6 Å². The zero-order valence-corrected chi connectivity index (χ0v) is 22.5. The Morgan fingerprint density at radius 3 is 2.89 bits per heavy atom. The fourth-order valence-corrected chi connectivity index (χ4v) is 4.74. The van der Waals surface area contributed by atoms with Crippen molar-refractivity contribution in [3.8, 4) is 11.3 Å². The third-order valence-electron chi connectivity index (χ3n) is 6.65. The van der Waals surface area contributed by atoms with E-state index < -0.39 is 0 Å². The number of nitrogens with one attached hydrogen (secondary N) is 2. The number of anilines is 1. The number of nitrogens with zero attached hydrogens (tertiary/aromatic N) is 4. The number of aliphatic imine (C=N–C) groups is 1. The molecule has 1 atom stereocenters. The lowest BCUT2D eigenvalue weighted by Gasteiger charge is -2.40. The van der Waals surface area contributed by atoms with Crippen molar-refractivity contribution < 1.29 is 14.3 Å². The Balaban J connectivity index is 1.44. The molecule has 1 aromatic carbocycles. The highest BCUT2D eigenvalue weighted by Gasteiger charge is 2.33. The first-order valence-electron chi connectivity index (χ1n) is 13.3. The van der Waals surface area contributed by atoms with Gasteiger partial charge in [-0.3, -0.25) is 4.99 Å². The molecule has 2 amide bonds. The highest BCUT2D eigenvalue weighted by Crippen LogP contribution is 2.32. The number of methoxy groups -OCH3 is 1. The van der Waals surface area contributed by atoms with Crippen LogP contribution in [0, 0.1) is 0 Å². The number of allylic oxidation sites excluding steroid dienone is 1. The summed E-state index contributed by atoms with van der Waals surface area (Å²) in [5.74, 6) is 0.437. The van der Waals surface area contributed by atoms with Crippen LogP contribution in [0.5, 0.6) is 0 Å². The average molecular weight is 522 g/mol. The number of urea groups is 1. The van der Waals surface area contributed by atoms with E-state index in [1.807, 2.05) is 24.8 Å². The smallest absolute Gasteiger partial charge is 0.318 e. The van der Waals surface area contributed by atoms with E-state index in [9.17, 15) is 4.79 Å². The van der Waals surface area contributed by atoms with Gasteiger partial charge in [0.2, 0.25) is 5.95 Å². The lowest BCUT2D eigenvalue weighted by atomic mass is 9.95. The summed E-state index contributed by atoms with van der Waals surface area (Å²) in [5.41, 5.74) is 10.6. The molecule has 0 spiro atoms. The molecule has 0 bridgehead atoms. The number of rotatable bonds is 10. The maximum Gasteiger partial charge on any atom is 0.318 e. The Morgan fingerprint density at radius 1 is 1.29 bits per heavy atom. The summed E-state index contributed by atoms with van der Waals surface area (Å²) in [6.45, 7) is 6.41. The Morgan fingerprint density at radius 2 is 2.13 bits per heavy atom. The minimum atomic E-state index is -0.0171. The van der Waals surface area contributed by atoms with E-state index >= 15 is 0 Å². The third kappa shape index (κ3) is 7.29. The molecule has 2 heterocycles. The van der Waals surface area contributed by atoms with Crippen molar-refractivity contribution in [1.82, 2.24) is 20.2 Å². The Kier molecular flexibility index (Phi) is 9.67. The van der Waals surface area contributed by atoms with Gasteiger partial charge < -0.3 is 30.7 Å². The summed E-state index contributed by atoms with van der Waals surface area (Å²) >= 11 is 0. The third-order valence-corrected chi connectivity index (χ3v) is 6.65. The van der Waals surface area contributed by atoms with Crippen molar-refractivity contribution in [2.45, 2.75) is 57.8 Å². The van der Waals surface area contributed by atoms with Crippen molar-refractivity contribution in [3.05, 3.63) is 53.5 Å². The monoisotopic (exact) mass is 521 g/mol. The number of ether oxygens (including phenoxy) is 2. The predicted octanol–water partition coefficient (Wildman–Crippen LogP) is 3.66. The van der Waals surface area contributed by atoms with Gasteiger partial charge in [0, 0.05) is 31.3 Å². The maximum absolute atomic E-state index is 12.9. The van der Waals surface area contributed by atoms with E-state index in [1.165, 1.54) is 17.3 Å². The second-order valence-corrected chi connectivity index (χ2v) is 9.91. The second kappa shape index (κ2) is 13.3. The molecular weight excluding hydrogens is 482 g/mol. The molecular formula is C28H39N7O3. The quantitative estimate of drug-likeness (QED) is 0.247. The van der Waals surface area contributed by atoms with Gasteiger partial charge in [-0.15, -0.1) is 0 Å². The molecule has 38 heavy (non-hydrogen) atoms. The van der Waals surface area contributed by atoms with Crippen molar-refractivity contribution in [2.24, 2.45) is 10.7 Å². The Bertz CT molecular complexity index is 1150. The molecule has 4 rings (SSSR count). The van der Waals surface area contributed by atoms with E-state index in [2.05, 4.69) is 38.8 Å². The molecule has 10 nitrogen and oxygen atoms in total. The van der Waals surface area contributed by atoms with E-state index in [4.69, 9.17) is 20.2 Å². The summed E-state index contributed by atoms with van der Waals surface area (Å²) in [4.78, 5) is 28.0. The number of nitrogens with two attached hydrogens (primary N) is 1. The van der Waals surface area contributed by atoms with E-state index in [1.54, 1.807) is 19.5 Å². The van der Waals surface area contributed by atoms with Crippen molar-refractivity contribution >= 4 is 18.2 Å². The van der Waals surface area contributed by atoms with Gasteiger partial charge in [-0.2, -0.15) is 0 Å². The van der Waals surface area contributed by atoms with Crippen LogP contribution < -0.4 is 16.4 Å². The summed E-state index contributed by atoms with van der Waals surface area (Å²) in [6.07, 6.45) is 9.15. The van der Waals surface area contributed by atoms with E-state index in [0.29, 0.717) is 37.9 Å². The number of amides is 2. The SMILES string of the molecule is COCCN=C/C(=C\N)Nc1nccc(-c2ccc3c(c2)CCCCC3NC(=O)N2CC(OC(C)C)C2)n1. The molecule has 1 aliphatic heterocycles. The maximum atomic E-state index is 12.9. The topological polar surface area (TPSA) is 127 Å². The molecule has 1 saturated heterocycles. The zero-order chi connectivity index (χ0) is 26.9. The van der Waals surface area contributed by atoms with Gasteiger partial charge >= 0.3 is 6.03 Å². The average Bonchev–Trinajstić information content (AvgIpc) is 3.09. The predicted molar refractivity (Wildman–Crippen MR) is 149 cm³/mol. The summed E-state index contributed by atoms with van der Waals surface area (Å²) < 4.78 is 10.8. The number of hydrogen-bond donors (Lipinski definition) is 3. The van der Waals surface area contributed by atoms with Crippen molar-refractivity contribution in [3.63, 3.8) is 0 Å². The fourth-order valence-electron chi connectivity index (χ4n) is 4.74. The van der Waals surface area contributed by atoms with Crippen LogP contribution in [0.2, 0.25) is 0 Å². The standard InChI is InChI=1S/C28H39N7O3/c1-19(2)38-23-17-35(18-23)28(36)34-26-7-5-4-6-20-14-21(8-9-24(20)26)25-10-11-31-27(33-25)32-22(15-29)16-30-12-13-37-3/h8-11,14-16,19,23,26H,4-7,12-13,17-18,29H2,1-3H3,(H,34,36)(H,31,32,33)/b22-15+,30-16?. The molecule has 1 unspecified atom stereocenters. The number of carbonyl (C=O) groups excluding carboxylic acids is 1. The van der Waals surface area contributed by atoms with Gasteiger partial charge in [-0.05, 0) is 56.4 Å². The molecule has 2 aromatic rings. The zero-order valence-electron chi connectivity index (χ0n) is 22.5. The van der Waals surface area contributed by atoms with Crippen LogP contribution in [0.3, 0.4) is 0 Å². The van der Waals surface area contributed by atoms with Crippen LogP contribution in [-0.2, 0) is 15.9 Å². The first-order chi connectivity index (χ1) is 18.5. The van der Waals surface area contributed by atoms with Crippen LogP contribution in [0.4, 0.5) is 10.7 Å². The lowest BCUT2D eigenvalue weighted by molar-refractivity contribution is -0.0644. The summed E-state index contributed by atoms with van der Waals surface area (Å²) in [5, 5.41) is 6.38. The number of aromatic nitrogens is 2. The van der Waals surface area contributed by atoms with Crippen LogP contribution in [0.1, 0.15) is 50.3 Å². The normalized spacial score (nSPS) is 18.3. The number of likely N-dealkylation sites (tertiary alicyclic amines) is 1. The molecule has 0 saturated carbocycles. The minimum absolute atomic E-state index is 0.00334. The number of carbonyl (C=O) groups is 1. The first-order valence-corrected chi connectivity index (χ1v) is 13.3. The molecule has 204 valence electrons. The number of fused-ring (bicyclic) bond motifs is 1. The Hall–Kier alpha value is -3.50. The van der Waals surface area contributed by atoms with Crippen molar-refractivity contribution in [2.75, 3.05) is 38.7 Å². The molecule has 2 aliphatic rings. The van der Waals surface area contributed by atoms with Gasteiger partial charge in [0.15, 0.2) is 0 Å². The van der Waals surface area contributed by atoms with Crippen molar-refractivity contribution in [1.29, 1.82) is 0 Å². The van der Waals surface area contributed by atoms with E-state index in [-0.39, 0.29) is 24.3 Å². The Labute approximate surface area is 224 Å². The second-order valence-electron chi connectivity index (χ2n) is 9.91. The molecule has 10 heteroatoms. The van der Waals surface area contributed by atoms with Crippen LogP contribution in [0.15, 0.2) is 47.4 Å².